The van der Waals surface area contributed by atoms with Crippen molar-refractivity contribution in [1.29, 1.82) is 5.26 Å². The molecule has 34 heavy (non-hydrogen) atoms. The molecule has 2 N–H and O–H groups in total. The minimum Gasteiger partial charge on any atom is -0.444 e. The van der Waals surface area contributed by atoms with Crippen LogP contribution in [0.25, 0.3) is 0 Å². The van der Waals surface area contributed by atoms with Gasteiger partial charge < -0.3 is 20.3 Å². The standard InChI is InChI=1S/C26H40N4O4/c1-10-18-11-13-19(14-12-18)21(22(31)29-25(4,5)6)30(16-15-27)23(32)20(17(2)3)28-24(33)34-26(7,8)9/h11-14,17,20-21H,10,16H2,1-9H3,(H,28,33)(H,29,31). The second kappa shape index (κ2) is 11.9. The van der Waals surface area contributed by atoms with Crippen molar-refractivity contribution in [1.82, 2.24) is 15.5 Å². The van der Waals surface area contributed by atoms with Crippen LogP contribution in [0.15, 0.2) is 24.3 Å². The first-order valence-corrected chi connectivity index (χ1v) is 11.7. The average Bonchev–Trinajstić information content (AvgIpc) is 2.68. The second-order valence-electron chi connectivity index (χ2n) is 10.7. The maximum absolute atomic E-state index is 13.7. The molecule has 0 fully saturated rings. The molecule has 0 bridgehead atoms. The minimum atomic E-state index is -1.04. The van der Waals surface area contributed by atoms with Gasteiger partial charge in [0, 0.05) is 5.54 Å². The van der Waals surface area contributed by atoms with Gasteiger partial charge in [0.05, 0.1) is 6.07 Å². The molecule has 3 amide bonds. The van der Waals surface area contributed by atoms with Gasteiger partial charge >= 0.3 is 6.09 Å². The quantitative estimate of drug-likeness (QED) is 0.553. The lowest BCUT2D eigenvalue weighted by molar-refractivity contribution is -0.143. The lowest BCUT2D eigenvalue weighted by Gasteiger charge is -2.35. The van der Waals surface area contributed by atoms with Crippen molar-refractivity contribution in [2.75, 3.05) is 6.54 Å². The highest BCUT2D eigenvalue weighted by molar-refractivity contribution is 5.92. The van der Waals surface area contributed by atoms with Crippen molar-refractivity contribution < 1.29 is 19.1 Å². The Morgan fingerprint density at radius 2 is 1.62 bits per heavy atom. The molecule has 188 valence electrons. The third-order valence-corrected chi connectivity index (χ3v) is 4.89. The van der Waals surface area contributed by atoms with Gasteiger partial charge in [-0.15, -0.1) is 0 Å². The van der Waals surface area contributed by atoms with Crippen LogP contribution in [0.1, 0.15) is 79.5 Å². The molecule has 2 atom stereocenters. The number of hydrogen-bond donors (Lipinski definition) is 2. The number of rotatable bonds is 8. The van der Waals surface area contributed by atoms with Crippen LogP contribution in [0.5, 0.6) is 0 Å². The maximum Gasteiger partial charge on any atom is 0.408 e. The van der Waals surface area contributed by atoms with E-state index in [4.69, 9.17) is 4.74 Å². The highest BCUT2D eigenvalue weighted by Gasteiger charge is 2.38. The van der Waals surface area contributed by atoms with Gasteiger partial charge in [-0.05, 0) is 65.0 Å². The van der Waals surface area contributed by atoms with Crippen LogP contribution < -0.4 is 10.6 Å². The van der Waals surface area contributed by atoms with Crippen LogP contribution in [0.3, 0.4) is 0 Å². The van der Waals surface area contributed by atoms with Gasteiger partial charge in [-0.2, -0.15) is 5.26 Å². The van der Waals surface area contributed by atoms with Crippen molar-refractivity contribution in [2.45, 2.75) is 92.0 Å². The predicted octanol–water partition coefficient (Wildman–Crippen LogP) is 4.11. The number of benzene rings is 1. The Morgan fingerprint density at radius 1 is 1.06 bits per heavy atom. The third kappa shape index (κ3) is 9.05. The molecule has 0 radical (unpaired) electrons. The molecule has 0 aliphatic rings. The lowest BCUT2D eigenvalue weighted by Crippen LogP contribution is -2.56. The topological polar surface area (TPSA) is 112 Å². The van der Waals surface area contributed by atoms with E-state index < -0.39 is 41.1 Å². The van der Waals surface area contributed by atoms with E-state index in [1.165, 1.54) is 4.90 Å². The van der Waals surface area contributed by atoms with Gasteiger partial charge in [0.15, 0.2) is 0 Å². The molecule has 0 aliphatic heterocycles. The average molecular weight is 473 g/mol. The number of nitrogens with zero attached hydrogens (tertiary/aromatic N) is 2. The first kappa shape index (κ1) is 29.0. The van der Waals surface area contributed by atoms with Gasteiger partial charge in [0.25, 0.3) is 0 Å². The molecule has 8 heteroatoms. The highest BCUT2D eigenvalue weighted by atomic mass is 16.6. The normalized spacial score (nSPS) is 13.4. The van der Waals surface area contributed by atoms with E-state index in [0.717, 1.165) is 12.0 Å². The number of carbonyl (C=O) groups is 3. The van der Waals surface area contributed by atoms with E-state index in [1.54, 1.807) is 46.8 Å². The molecule has 0 saturated carbocycles. The van der Waals surface area contributed by atoms with E-state index in [2.05, 4.69) is 10.6 Å². The van der Waals surface area contributed by atoms with E-state index in [-0.39, 0.29) is 12.5 Å². The van der Waals surface area contributed by atoms with Crippen LogP contribution in [0.2, 0.25) is 0 Å². The number of hydrogen-bond acceptors (Lipinski definition) is 5. The molecule has 1 aromatic carbocycles. The van der Waals surface area contributed by atoms with Crippen molar-refractivity contribution >= 4 is 17.9 Å². The fourth-order valence-electron chi connectivity index (χ4n) is 3.35. The molecule has 8 nitrogen and oxygen atoms in total. The summed E-state index contributed by atoms with van der Waals surface area (Å²) in [5.74, 6) is -1.24. The van der Waals surface area contributed by atoms with Crippen molar-refractivity contribution in [3.05, 3.63) is 35.4 Å². The van der Waals surface area contributed by atoms with E-state index in [9.17, 15) is 19.6 Å². The molecule has 2 unspecified atom stereocenters. The minimum absolute atomic E-state index is 0.310. The molecule has 0 saturated heterocycles. The first-order valence-electron chi connectivity index (χ1n) is 11.7. The summed E-state index contributed by atoms with van der Waals surface area (Å²) in [5, 5.41) is 15.1. The lowest BCUT2D eigenvalue weighted by atomic mass is 9.97. The molecule has 0 aliphatic carbocycles. The molecule has 0 heterocycles. The maximum atomic E-state index is 13.7. The van der Waals surface area contributed by atoms with E-state index >= 15 is 0 Å². The van der Waals surface area contributed by atoms with E-state index in [1.807, 2.05) is 45.9 Å². The van der Waals surface area contributed by atoms with Crippen molar-refractivity contribution in [3.63, 3.8) is 0 Å². The summed E-state index contributed by atoms with van der Waals surface area (Å²) in [6.07, 6.45) is 0.0920. The van der Waals surface area contributed by atoms with Crippen molar-refractivity contribution in [3.8, 4) is 6.07 Å². The van der Waals surface area contributed by atoms with Crippen LogP contribution in [0, 0.1) is 17.2 Å². The Kier molecular flexibility index (Phi) is 10.1. The van der Waals surface area contributed by atoms with Crippen LogP contribution in [0.4, 0.5) is 4.79 Å². The Labute approximate surface area is 204 Å². The summed E-state index contributed by atoms with van der Waals surface area (Å²) in [5.41, 5.74) is 0.384. The summed E-state index contributed by atoms with van der Waals surface area (Å²) >= 11 is 0. The van der Waals surface area contributed by atoms with Gasteiger partial charge in [0.2, 0.25) is 11.8 Å². The smallest absolute Gasteiger partial charge is 0.408 e. The highest BCUT2D eigenvalue weighted by Crippen LogP contribution is 2.25. The Hall–Kier alpha value is -3.08. The number of ether oxygens (including phenoxy) is 1. The first-order chi connectivity index (χ1) is 15.6. The Morgan fingerprint density at radius 3 is 2.03 bits per heavy atom. The summed E-state index contributed by atoms with van der Waals surface area (Å²) in [7, 11) is 0. The Bertz CT molecular complexity index is 889. The largest absolute Gasteiger partial charge is 0.444 e. The zero-order valence-electron chi connectivity index (χ0n) is 22.0. The van der Waals surface area contributed by atoms with Gasteiger partial charge in [0.1, 0.15) is 24.2 Å². The number of alkyl carbamates (subject to hydrolysis) is 1. The van der Waals surface area contributed by atoms with Gasteiger partial charge in [-0.25, -0.2) is 4.79 Å². The SMILES string of the molecule is CCc1ccc(C(C(=O)NC(C)(C)C)N(CC#N)C(=O)C(NC(=O)OC(C)(C)C)C(C)C)cc1. The summed E-state index contributed by atoms with van der Waals surface area (Å²) in [6, 6.07) is 7.39. The van der Waals surface area contributed by atoms with Crippen LogP contribution in [-0.4, -0.2) is 46.5 Å². The molecular weight excluding hydrogens is 432 g/mol. The third-order valence-electron chi connectivity index (χ3n) is 4.89. The number of aryl methyl sites for hydroxylation is 1. The Balaban J connectivity index is 3.45. The van der Waals surface area contributed by atoms with Crippen molar-refractivity contribution in [2.24, 2.45) is 5.92 Å². The molecule has 0 spiro atoms. The number of nitriles is 1. The van der Waals surface area contributed by atoms with Gasteiger partial charge in [-0.1, -0.05) is 45.0 Å². The predicted molar refractivity (Wildman–Crippen MR) is 132 cm³/mol. The van der Waals surface area contributed by atoms with Gasteiger partial charge in [-0.3, -0.25) is 9.59 Å². The van der Waals surface area contributed by atoms with E-state index in [0.29, 0.717) is 5.56 Å². The molecule has 0 aromatic heterocycles. The summed E-state index contributed by atoms with van der Waals surface area (Å²) in [4.78, 5) is 40.8. The number of carbonyl (C=O) groups excluding carboxylic acids is 3. The zero-order chi connectivity index (χ0) is 26.3. The number of nitrogens with one attached hydrogen (secondary N) is 2. The monoisotopic (exact) mass is 472 g/mol. The fraction of sp³-hybridized carbons (Fsp3) is 0.615. The van der Waals surface area contributed by atoms with Crippen LogP contribution in [-0.2, 0) is 20.7 Å². The molecular formula is C26H40N4O4. The summed E-state index contributed by atoms with van der Waals surface area (Å²) in [6.45, 7) is 16.0. The second-order valence-corrected chi connectivity index (χ2v) is 10.7. The summed E-state index contributed by atoms with van der Waals surface area (Å²) < 4.78 is 5.33. The molecule has 1 rings (SSSR count). The zero-order valence-corrected chi connectivity index (χ0v) is 22.0. The molecule has 1 aromatic rings. The fourth-order valence-corrected chi connectivity index (χ4v) is 3.35. The van der Waals surface area contributed by atoms with Crippen LogP contribution >= 0.6 is 0 Å². The number of amides is 3.